The van der Waals surface area contributed by atoms with E-state index in [4.69, 9.17) is 0 Å². The van der Waals surface area contributed by atoms with Crippen molar-refractivity contribution in [3.8, 4) is 0 Å². The molecule has 2 heteroatoms. The van der Waals surface area contributed by atoms with E-state index in [9.17, 15) is 4.39 Å². The fraction of sp³-hybridized carbons (Fsp3) is 0.333. The van der Waals surface area contributed by atoms with Crippen molar-refractivity contribution in [2.45, 2.75) is 6.92 Å². The normalized spacial score (nSPS) is 9.82. The van der Waals surface area contributed by atoms with E-state index in [0.29, 0.717) is 5.69 Å². The first kappa shape index (κ1) is 8.05. The number of benzene rings is 1. The monoisotopic (exact) mass is 153 g/mol. The lowest BCUT2D eigenvalue weighted by molar-refractivity contribution is 0.625. The van der Waals surface area contributed by atoms with Crippen LogP contribution in [0, 0.1) is 12.7 Å². The molecule has 0 N–H and O–H groups in total. The zero-order chi connectivity index (χ0) is 8.43. The van der Waals surface area contributed by atoms with E-state index in [2.05, 4.69) is 0 Å². The highest BCUT2D eigenvalue weighted by molar-refractivity contribution is 5.47. The number of anilines is 1. The van der Waals surface area contributed by atoms with Gasteiger partial charge in [0.2, 0.25) is 0 Å². The second-order valence-electron chi connectivity index (χ2n) is 2.85. The second kappa shape index (κ2) is 2.91. The standard InChI is InChI=1S/C9H12FN/c1-7-4-5-9(11(2)3)8(10)6-7/h4-6H,1-3H3. The molecule has 11 heavy (non-hydrogen) atoms. The van der Waals surface area contributed by atoms with Crippen LogP contribution in [0.1, 0.15) is 5.56 Å². The Hall–Kier alpha value is -1.05. The highest BCUT2D eigenvalue weighted by Gasteiger charge is 2.02. The molecule has 1 rings (SSSR count). The van der Waals surface area contributed by atoms with E-state index < -0.39 is 0 Å². The van der Waals surface area contributed by atoms with Gasteiger partial charge in [-0.2, -0.15) is 0 Å². The zero-order valence-electron chi connectivity index (χ0n) is 7.06. The van der Waals surface area contributed by atoms with Gasteiger partial charge in [-0.05, 0) is 24.6 Å². The molecule has 0 atom stereocenters. The summed E-state index contributed by atoms with van der Waals surface area (Å²) in [5.41, 5.74) is 1.59. The summed E-state index contributed by atoms with van der Waals surface area (Å²) in [6.45, 7) is 1.88. The van der Waals surface area contributed by atoms with Gasteiger partial charge in [0, 0.05) is 14.1 Å². The average Bonchev–Trinajstić information content (AvgIpc) is 1.85. The molecule has 60 valence electrons. The fourth-order valence-corrected chi connectivity index (χ4v) is 0.975. The van der Waals surface area contributed by atoms with Crippen LogP contribution in [0.15, 0.2) is 18.2 Å². The first-order valence-electron chi connectivity index (χ1n) is 3.55. The van der Waals surface area contributed by atoms with Crippen LogP contribution >= 0.6 is 0 Å². The molecule has 0 bridgehead atoms. The maximum atomic E-state index is 13.1. The summed E-state index contributed by atoms with van der Waals surface area (Å²) in [4.78, 5) is 1.76. The maximum absolute atomic E-state index is 13.1. The van der Waals surface area contributed by atoms with Gasteiger partial charge in [-0.3, -0.25) is 0 Å². The van der Waals surface area contributed by atoms with Gasteiger partial charge in [0.05, 0.1) is 5.69 Å². The highest BCUT2D eigenvalue weighted by Crippen LogP contribution is 2.17. The third kappa shape index (κ3) is 1.70. The first-order valence-corrected chi connectivity index (χ1v) is 3.55. The van der Waals surface area contributed by atoms with E-state index in [1.807, 2.05) is 27.1 Å². The Morgan fingerprint density at radius 3 is 2.36 bits per heavy atom. The molecule has 0 aliphatic rings. The van der Waals surface area contributed by atoms with E-state index in [1.165, 1.54) is 6.07 Å². The van der Waals surface area contributed by atoms with Crippen LogP contribution in [-0.2, 0) is 0 Å². The Labute approximate surface area is 66.5 Å². The van der Waals surface area contributed by atoms with Crippen LogP contribution in [0.25, 0.3) is 0 Å². The van der Waals surface area contributed by atoms with Crippen molar-refractivity contribution in [1.29, 1.82) is 0 Å². The van der Waals surface area contributed by atoms with Gasteiger partial charge in [-0.25, -0.2) is 4.39 Å². The zero-order valence-corrected chi connectivity index (χ0v) is 7.06. The Morgan fingerprint density at radius 2 is 1.91 bits per heavy atom. The van der Waals surface area contributed by atoms with Crippen molar-refractivity contribution in [1.82, 2.24) is 0 Å². The molecule has 0 saturated heterocycles. The summed E-state index contributed by atoms with van der Waals surface area (Å²) < 4.78 is 13.1. The fourth-order valence-electron chi connectivity index (χ4n) is 0.975. The summed E-state index contributed by atoms with van der Waals surface area (Å²) >= 11 is 0. The Balaban J connectivity index is 3.09. The number of aryl methyl sites for hydroxylation is 1. The van der Waals surface area contributed by atoms with Crippen LogP contribution in [0.4, 0.5) is 10.1 Å². The first-order chi connectivity index (χ1) is 5.11. The predicted molar refractivity (Wildman–Crippen MR) is 45.5 cm³/mol. The van der Waals surface area contributed by atoms with E-state index >= 15 is 0 Å². The molecule has 0 heterocycles. The number of hydrogen-bond acceptors (Lipinski definition) is 1. The molecule has 0 radical (unpaired) electrons. The van der Waals surface area contributed by atoms with Crippen molar-refractivity contribution in [2.24, 2.45) is 0 Å². The van der Waals surface area contributed by atoms with Crippen molar-refractivity contribution in [3.05, 3.63) is 29.6 Å². The summed E-state index contributed by atoms with van der Waals surface area (Å²) in [5, 5.41) is 0. The molecule has 0 aliphatic heterocycles. The molecule has 0 spiro atoms. The van der Waals surface area contributed by atoms with Crippen molar-refractivity contribution < 1.29 is 4.39 Å². The summed E-state index contributed by atoms with van der Waals surface area (Å²) in [5.74, 6) is -0.157. The minimum Gasteiger partial charge on any atom is -0.375 e. The highest BCUT2D eigenvalue weighted by atomic mass is 19.1. The van der Waals surface area contributed by atoms with E-state index in [0.717, 1.165) is 5.56 Å². The van der Waals surface area contributed by atoms with Gasteiger partial charge in [-0.15, -0.1) is 0 Å². The predicted octanol–water partition coefficient (Wildman–Crippen LogP) is 2.20. The van der Waals surface area contributed by atoms with Gasteiger partial charge in [0.15, 0.2) is 0 Å². The quantitative estimate of drug-likeness (QED) is 0.597. The third-order valence-corrected chi connectivity index (χ3v) is 1.58. The number of rotatable bonds is 1. The molecule has 0 unspecified atom stereocenters. The van der Waals surface area contributed by atoms with Crippen molar-refractivity contribution >= 4 is 5.69 Å². The van der Waals surface area contributed by atoms with E-state index in [-0.39, 0.29) is 5.82 Å². The van der Waals surface area contributed by atoms with Crippen LogP contribution in [-0.4, -0.2) is 14.1 Å². The van der Waals surface area contributed by atoms with Crippen LogP contribution < -0.4 is 4.90 Å². The molecule has 0 fully saturated rings. The molecule has 1 aromatic carbocycles. The Morgan fingerprint density at radius 1 is 1.27 bits per heavy atom. The lowest BCUT2D eigenvalue weighted by atomic mass is 10.2. The van der Waals surface area contributed by atoms with Crippen LogP contribution in [0.5, 0.6) is 0 Å². The van der Waals surface area contributed by atoms with Gasteiger partial charge in [0.25, 0.3) is 0 Å². The maximum Gasteiger partial charge on any atom is 0.146 e. The average molecular weight is 153 g/mol. The molecular weight excluding hydrogens is 141 g/mol. The van der Waals surface area contributed by atoms with Gasteiger partial charge in [0.1, 0.15) is 5.82 Å². The molecule has 1 aromatic rings. The Kier molecular flexibility index (Phi) is 2.13. The van der Waals surface area contributed by atoms with E-state index in [1.54, 1.807) is 11.0 Å². The molecular formula is C9H12FN. The lowest BCUT2D eigenvalue weighted by Crippen LogP contribution is -2.10. The van der Waals surface area contributed by atoms with Gasteiger partial charge < -0.3 is 4.90 Å². The van der Waals surface area contributed by atoms with Crippen LogP contribution in [0.2, 0.25) is 0 Å². The smallest absolute Gasteiger partial charge is 0.146 e. The third-order valence-electron chi connectivity index (χ3n) is 1.58. The lowest BCUT2D eigenvalue weighted by Gasteiger charge is -2.13. The number of nitrogens with zero attached hydrogens (tertiary/aromatic N) is 1. The van der Waals surface area contributed by atoms with Crippen molar-refractivity contribution in [3.63, 3.8) is 0 Å². The van der Waals surface area contributed by atoms with Gasteiger partial charge in [-0.1, -0.05) is 6.07 Å². The molecule has 1 nitrogen and oxygen atoms in total. The minimum atomic E-state index is -0.157. The number of hydrogen-bond donors (Lipinski definition) is 0. The van der Waals surface area contributed by atoms with Crippen molar-refractivity contribution in [2.75, 3.05) is 19.0 Å². The molecule has 0 aromatic heterocycles. The SMILES string of the molecule is Cc1ccc(N(C)C)c(F)c1. The van der Waals surface area contributed by atoms with Crippen LogP contribution in [0.3, 0.4) is 0 Å². The molecule has 0 saturated carbocycles. The summed E-state index contributed by atoms with van der Waals surface area (Å²) in [6.07, 6.45) is 0. The van der Waals surface area contributed by atoms with Gasteiger partial charge >= 0.3 is 0 Å². The summed E-state index contributed by atoms with van der Waals surface area (Å²) in [7, 11) is 3.65. The largest absolute Gasteiger partial charge is 0.375 e. The molecule has 0 aliphatic carbocycles. The Bertz CT molecular complexity index is 256. The molecule has 0 amide bonds. The minimum absolute atomic E-state index is 0.157. The summed E-state index contributed by atoms with van der Waals surface area (Å²) in [6, 6.07) is 5.22. The topological polar surface area (TPSA) is 3.24 Å². The second-order valence-corrected chi connectivity index (χ2v) is 2.85. The number of halogens is 1.